The summed E-state index contributed by atoms with van der Waals surface area (Å²) in [7, 11) is 1.57. The Labute approximate surface area is 65.5 Å². The molecule has 3 atom stereocenters. The molecule has 0 aromatic carbocycles. The zero-order valence-corrected chi connectivity index (χ0v) is 6.49. The van der Waals surface area contributed by atoms with Crippen LogP contribution >= 0.6 is 0 Å². The molecule has 2 N–H and O–H groups in total. The first kappa shape index (κ1) is 8.64. The van der Waals surface area contributed by atoms with Gasteiger partial charge in [-0.1, -0.05) is 0 Å². The molecule has 1 fully saturated rings. The van der Waals surface area contributed by atoms with Crippen LogP contribution in [0, 0.1) is 0 Å². The summed E-state index contributed by atoms with van der Waals surface area (Å²) in [6.45, 7) is 0.0597. The van der Waals surface area contributed by atoms with Crippen LogP contribution in [0.3, 0.4) is 0 Å². The van der Waals surface area contributed by atoms with Crippen molar-refractivity contribution in [3.63, 3.8) is 0 Å². The summed E-state index contributed by atoms with van der Waals surface area (Å²) in [6.07, 6.45) is 1.45. The molecule has 2 unspecified atom stereocenters. The fourth-order valence-corrected chi connectivity index (χ4v) is 1.37. The third-order valence-corrected chi connectivity index (χ3v) is 2.02. The quantitative estimate of drug-likeness (QED) is 0.514. The van der Waals surface area contributed by atoms with Crippen LogP contribution in [0.5, 0.6) is 0 Å². The molecule has 0 aromatic rings. The lowest BCUT2D eigenvalue weighted by molar-refractivity contribution is -0.111. The van der Waals surface area contributed by atoms with E-state index in [1.54, 1.807) is 7.11 Å². The van der Waals surface area contributed by atoms with Crippen molar-refractivity contribution in [2.75, 3.05) is 13.7 Å². The van der Waals surface area contributed by atoms with Gasteiger partial charge in [0.2, 0.25) is 0 Å². The third-order valence-electron chi connectivity index (χ3n) is 2.02. The van der Waals surface area contributed by atoms with Crippen molar-refractivity contribution < 1.29 is 14.6 Å². The summed E-state index contributed by atoms with van der Waals surface area (Å²) in [6, 6.07) is -0.243. The monoisotopic (exact) mass is 159 g/mol. The van der Waals surface area contributed by atoms with Crippen molar-refractivity contribution in [2.45, 2.75) is 24.6 Å². The van der Waals surface area contributed by atoms with Crippen LogP contribution in [0.15, 0.2) is 0 Å². The van der Waals surface area contributed by atoms with Crippen LogP contribution in [0.2, 0.25) is 0 Å². The van der Waals surface area contributed by atoms with Gasteiger partial charge in [0, 0.05) is 13.2 Å². The van der Waals surface area contributed by atoms with E-state index in [1.165, 1.54) is 0 Å². The van der Waals surface area contributed by atoms with E-state index in [4.69, 9.17) is 9.84 Å². The lowest BCUT2D eigenvalue weighted by Crippen LogP contribution is -2.36. The van der Waals surface area contributed by atoms with Gasteiger partial charge in [0.15, 0.2) is 0 Å². The minimum atomic E-state index is -0.253. The highest BCUT2D eigenvalue weighted by molar-refractivity contribution is 5.59. The van der Waals surface area contributed by atoms with E-state index in [-0.39, 0.29) is 24.8 Å². The summed E-state index contributed by atoms with van der Waals surface area (Å²) in [4.78, 5) is 10.4. The van der Waals surface area contributed by atoms with E-state index in [0.717, 1.165) is 6.29 Å². The smallest absolute Gasteiger partial charge is 0.139 e. The SMILES string of the molecule is COC1C[C@@H](CO)NC1C=O. The molecule has 0 radical (unpaired) electrons. The number of aliphatic hydroxyl groups is 1. The fourth-order valence-electron chi connectivity index (χ4n) is 1.37. The van der Waals surface area contributed by atoms with Gasteiger partial charge < -0.3 is 20.0 Å². The Bertz CT molecular complexity index is 140. The summed E-state index contributed by atoms with van der Waals surface area (Å²) >= 11 is 0. The minimum absolute atomic E-state index is 0.00940. The van der Waals surface area contributed by atoms with Crippen LogP contribution in [0.25, 0.3) is 0 Å². The van der Waals surface area contributed by atoms with Gasteiger partial charge in [0.1, 0.15) is 6.29 Å². The topological polar surface area (TPSA) is 58.6 Å². The average molecular weight is 159 g/mol. The molecular formula is C7H13NO3. The van der Waals surface area contributed by atoms with Gasteiger partial charge in [-0.3, -0.25) is 0 Å². The van der Waals surface area contributed by atoms with Crippen molar-refractivity contribution in [1.29, 1.82) is 0 Å². The Morgan fingerprint density at radius 1 is 1.82 bits per heavy atom. The van der Waals surface area contributed by atoms with Crippen LogP contribution < -0.4 is 5.32 Å². The number of carbonyl (C=O) groups is 1. The number of ether oxygens (including phenoxy) is 1. The van der Waals surface area contributed by atoms with Crippen LogP contribution in [0.1, 0.15) is 6.42 Å². The Balaban J connectivity index is 2.47. The molecule has 0 amide bonds. The second kappa shape index (κ2) is 3.80. The molecule has 0 aromatic heterocycles. The van der Waals surface area contributed by atoms with Gasteiger partial charge in [0.25, 0.3) is 0 Å². The van der Waals surface area contributed by atoms with Gasteiger partial charge in [0.05, 0.1) is 18.8 Å². The van der Waals surface area contributed by atoms with Crippen molar-refractivity contribution in [1.82, 2.24) is 5.32 Å². The van der Waals surface area contributed by atoms with Crippen molar-refractivity contribution in [3.8, 4) is 0 Å². The Hall–Kier alpha value is -0.450. The highest BCUT2D eigenvalue weighted by atomic mass is 16.5. The second-order valence-corrected chi connectivity index (χ2v) is 2.72. The summed E-state index contributed by atoms with van der Waals surface area (Å²) < 4.78 is 5.04. The lowest BCUT2D eigenvalue weighted by atomic mass is 10.1. The van der Waals surface area contributed by atoms with Gasteiger partial charge in [-0.2, -0.15) is 0 Å². The molecule has 4 nitrogen and oxygen atoms in total. The zero-order chi connectivity index (χ0) is 8.27. The van der Waals surface area contributed by atoms with Gasteiger partial charge >= 0.3 is 0 Å². The Morgan fingerprint density at radius 2 is 2.55 bits per heavy atom. The van der Waals surface area contributed by atoms with Gasteiger partial charge in [-0.25, -0.2) is 0 Å². The summed E-state index contributed by atoms with van der Waals surface area (Å²) in [5.74, 6) is 0. The summed E-state index contributed by atoms with van der Waals surface area (Å²) in [5.41, 5.74) is 0. The minimum Gasteiger partial charge on any atom is -0.395 e. The van der Waals surface area contributed by atoms with Gasteiger partial charge in [-0.15, -0.1) is 0 Å². The van der Waals surface area contributed by atoms with E-state index in [2.05, 4.69) is 5.32 Å². The van der Waals surface area contributed by atoms with E-state index in [9.17, 15) is 4.79 Å². The molecule has 1 aliphatic rings. The highest BCUT2D eigenvalue weighted by Gasteiger charge is 2.32. The summed E-state index contributed by atoms with van der Waals surface area (Å²) in [5, 5.41) is 11.7. The fraction of sp³-hybridized carbons (Fsp3) is 0.857. The van der Waals surface area contributed by atoms with E-state index >= 15 is 0 Å². The standard InChI is InChI=1S/C7H13NO3/c1-11-7-2-5(3-9)8-6(7)4-10/h4-9H,2-3H2,1H3/t5-,6?,7?/m0/s1. The maximum absolute atomic E-state index is 10.4. The Kier molecular flexibility index (Phi) is 2.99. The van der Waals surface area contributed by atoms with Crippen molar-refractivity contribution in [2.24, 2.45) is 0 Å². The van der Waals surface area contributed by atoms with Crippen molar-refractivity contribution >= 4 is 6.29 Å². The van der Waals surface area contributed by atoms with E-state index < -0.39 is 0 Å². The number of methoxy groups -OCH3 is 1. The first-order valence-corrected chi connectivity index (χ1v) is 3.66. The predicted molar refractivity (Wildman–Crippen MR) is 39.3 cm³/mol. The number of aldehydes is 1. The molecular weight excluding hydrogens is 146 g/mol. The number of carbonyl (C=O) groups excluding carboxylic acids is 1. The maximum Gasteiger partial charge on any atom is 0.139 e. The molecule has 1 rings (SSSR count). The first-order chi connectivity index (χ1) is 5.31. The van der Waals surface area contributed by atoms with Gasteiger partial charge in [-0.05, 0) is 6.42 Å². The molecule has 0 bridgehead atoms. The Morgan fingerprint density at radius 3 is 2.91 bits per heavy atom. The second-order valence-electron chi connectivity index (χ2n) is 2.72. The van der Waals surface area contributed by atoms with E-state index in [0.29, 0.717) is 6.42 Å². The lowest BCUT2D eigenvalue weighted by Gasteiger charge is -2.09. The molecule has 0 saturated carbocycles. The van der Waals surface area contributed by atoms with E-state index in [1.807, 2.05) is 0 Å². The van der Waals surface area contributed by atoms with Crippen molar-refractivity contribution in [3.05, 3.63) is 0 Å². The normalized spacial score (nSPS) is 37.5. The zero-order valence-electron chi connectivity index (χ0n) is 6.49. The predicted octanol–water partition coefficient (Wildman–Crippen LogP) is -1.08. The maximum atomic E-state index is 10.4. The molecule has 1 aliphatic heterocycles. The number of hydrogen-bond acceptors (Lipinski definition) is 4. The van der Waals surface area contributed by atoms with Crippen LogP contribution in [-0.4, -0.2) is 43.3 Å². The molecule has 11 heavy (non-hydrogen) atoms. The molecule has 64 valence electrons. The first-order valence-electron chi connectivity index (χ1n) is 3.66. The molecule has 0 aliphatic carbocycles. The molecule has 4 heteroatoms. The number of aliphatic hydroxyl groups excluding tert-OH is 1. The molecule has 1 saturated heterocycles. The molecule has 0 spiro atoms. The number of rotatable bonds is 3. The number of hydrogen-bond donors (Lipinski definition) is 2. The highest BCUT2D eigenvalue weighted by Crippen LogP contribution is 2.14. The number of nitrogens with one attached hydrogen (secondary N) is 1. The largest absolute Gasteiger partial charge is 0.395 e. The van der Waals surface area contributed by atoms with Crippen LogP contribution in [-0.2, 0) is 9.53 Å². The third kappa shape index (κ3) is 1.77. The average Bonchev–Trinajstić information content (AvgIpc) is 2.46. The van der Waals surface area contributed by atoms with Crippen LogP contribution in [0.4, 0.5) is 0 Å². The molecule has 1 heterocycles.